The van der Waals surface area contributed by atoms with Crippen molar-refractivity contribution in [2.45, 2.75) is 0 Å². The predicted molar refractivity (Wildman–Crippen MR) is 96.1 cm³/mol. The Bertz CT molecular complexity index is 1180. The second-order valence-electron chi connectivity index (χ2n) is 5.65. The Morgan fingerprint density at radius 1 is 0.920 bits per heavy atom. The van der Waals surface area contributed by atoms with Crippen molar-refractivity contribution in [3.63, 3.8) is 0 Å². The fourth-order valence-corrected chi connectivity index (χ4v) is 2.78. The normalized spacial score (nSPS) is 10.9. The summed E-state index contributed by atoms with van der Waals surface area (Å²) in [4.78, 5) is 24.7. The summed E-state index contributed by atoms with van der Waals surface area (Å²) in [5.41, 5.74) is 0.167. The Morgan fingerprint density at radius 3 is 2.60 bits per heavy atom. The van der Waals surface area contributed by atoms with Gasteiger partial charge >= 0.3 is 5.63 Å². The number of hydrogen-bond donors (Lipinski definition) is 2. The molecule has 2 N–H and O–H groups in total. The minimum atomic E-state index is -0.695. The van der Waals surface area contributed by atoms with Gasteiger partial charge in [-0.1, -0.05) is 36.4 Å². The third-order valence-corrected chi connectivity index (χ3v) is 4.00. The molecule has 0 aliphatic carbocycles. The van der Waals surface area contributed by atoms with Crippen LogP contribution in [0.15, 0.2) is 75.9 Å². The van der Waals surface area contributed by atoms with Crippen molar-refractivity contribution >= 4 is 33.3 Å². The third kappa shape index (κ3) is 2.72. The van der Waals surface area contributed by atoms with Crippen LogP contribution in [0.3, 0.4) is 0 Å². The molecule has 0 saturated heterocycles. The molecule has 3 aromatic carbocycles. The molecule has 0 saturated carbocycles. The van der Waals surface area contributed by atoms with E-state index in [0.717, 1.165) is 5.39 Å². The molecule has 0 aliphatic rings. The summed E-state index contributed by atoms with van der Waals surface area (Å²) in [5, 5.41) is 14.6. The lowest BCUT2D eigenvalue weighted by Crippen LogP contribution is -2.20. The fraction of sp³-hybridized carbons (Fsp3) is 0. The molecule has 4 rings (SSSR count). The van der Waals surface area contributed by atoms with Crippen molar-refractivity contribution in [3.05, 3.63) is 82.7 Å². The molecule has 1 heterocycles. The van der Waals surface area contributed by atoms with Crippen LogP contribution in [-0.4, -0.2) is 11.0 Å². The lowest BCUT2D eigenvalue weighted by Gasteiger charge is -2.09. The van der Waals surface area contributed by atoms with Crippen LogP contribution in [0.25, 0.3) is 21.7 Å². The first-order chi connectivity index (χ1) is 12.1. The molecule has 0 atom stereocenters. The zero-order valence-corrected chi connectivity index (χ0v) is 13.0. The maximum absolute atomic E-state index is 12.6. The Balaban J connectivity index is 1.77. The van der Waals surface area contributed by atoms with Crippen molar-refractivity contribution in [1.82, 2.24) is 0 Å². The number of rotatable bonds is 2. The van der Waals surface area contributed by atoms with E-state index in [1.54, 1.807) is 54.6 Å². The summed E-state index contributed by atoms with van der Waals surface area (Å²) < 4.78 is 5.20. The highest BCUT2D eigenvalue weighted by Crippen LogP contribution is 2.27. The third-order valence-electron chi connectivity index (χ3n) is 4.00. The summed E-state index contributed by atoms with van der Waals surface area (Å²) in [5.74, 6) is -0.463. The lowest BCUT2D eigenvalue weighted by atomic mass is 10.1. The molecule has 4 aromatic rings. The molecule has 25 heavy (non-hydrogen) atoms. The van der Waals surface area contributed by atoms with Crippen molar-refractivity contribution in [2.75, 3.05) is 5.32 Å². The maximum atomic E-state index is 12.6. The van der Waals surface area contributed by atoms with Crippen LogP contribution in [0.1, 0.15) is 10.4 Å². The van der Waals surface area contributed by atoms with Gasteiger partial charge in [0.2, 0.25) is 0 Å². The minimum absolute atomic E-state index is 0.0733. The van der Waals surface area contributed by atoms with Crippen molar-refractivity contribution < 1.29 is 14.3 Å². The summed E-state index contributed by atoms with van der Waals surface area (Å²) >= 11 is 0. The van der Waals surface area contributed by atoms with Gasteiger partial charge in [-0.25, -0.2) is 4.79 Å². The van der Waals surface area contributed by atoms with Crippen LogP contribution in [-0.2, 0) is 0 Å². The first kappa shape index (κ1) is 15.0. The quantitative estimate of drug-likeness (QED) is 0.546. The number of phenolic OH excluding ortho intramolecular Hbond substituents is 1. The highest BCUT2D eigenvalue weighted by atomic mass is 16.4. The number of nitrogens with one attached hydrogen (secondary N) is 1. The molecule has 5 nitrogen and oxygen atoms in total. The van der Waals surface area contributed by atoms with Gasteiger partial charge in [-0.15, -0.1) is 0 Å². The molecule has 0 spiro atoms. The molecular formula is C20H13NO4. The molecule has 0 radical (unpaired) electrons. The largest absolute Gasteiger partial charge is 0.508 e. The van der Waals surface area contributed by atoms with E-state index in [2.05, 4.69) is 5.32 Å². The van der Waals surface area contributed by atoms with Crippen molar-refractivity contribution in [3.8, 4) is 5.75 Å². The number of carbonyl (C=O) groups excluding carboxylic acids is 1. The minimum Gasteiger partial charge on any atom is -0.508 e. The Labute approximate surface area is 142 Å². The highest BCUT2D eigenvalue weighted by molar-refractivity contribution is 6.10. The van der Waals surface area contributed by atoms with E-state index >= 15 is 0 Å². The Kier molecular flexibility index (Phi) is 3.47. The first-order valence-electron chi connectivity index (χ1n) is 7.68. The summed E-state index contributed by atoms with van der Waals surface area (Å²) in [6.45, 7) is 0. The predicted octanol–water partition coefficient (Wildman–Crippen LogP) is 3.90. The number of amides is 1. The average Bonchev–Trinajstić information content (AvgIpc) is 2.61. The number of para-hydroxylation sites is 1. The number of phenols is 1. The average molecular weight is 331 g/mol. The van der Waals surface area contributed by atoms with Gasteiger partial charge in [-0.3, -0.25) is 4.79 Å². The molecular weight excluding hydrogens is 318 g/mol. The van der Waals surface area contributed by atoms with Crippen LogP contribution in [0.2, 0.25) is 0 Å². The summed E-state index contributed by atoms with van der Waals surface area (Å²) in [6.07, 6.45) is 0. The van der Waals surface area contributed by atoms with Gasteiger partial charge in [-0.2, -0.15) is 0 Å². The number of fused-ring (bicyclic) bond motifs is 2. The van der Waals surface area contributed by atoms with E-state index in [-0.39, 0.29) is 11.3 Å². The van der Waals surface area contributed by atoms with Crippen molar-refractivity contribution in [1.29, 1.82) is 0 Å². The van der Waals surface area contributed by atoms with Gasteiger partial charge in [0, 0.05) is 16.5 Å². The van der Waals surface area contributed by atoms with Crippen LogP contribution in [0.4, 0.5) is 5.69 Å². The number of anilines is 1. The second-order valence-corrected chi connectivity index (χ2v) is 5.65. The van der Waals surface area contributed by atoms with Gasteiger partial charge in [0.05, 0.1) is 0 Å². The molecule has 0 bridgehead atoms. The van der Waals surface area contributed by atoms with E-state index in [0.29, 0.717) is 22.0 Å². The second kappa shape index (κ2) is 5.79. The zero-order valence-electron chi connectivity index (χ0n) is 13.0. The zero-order chi connectivity index (χ0) is 17.4. The van der Waals surface area contributed by atoms with Gasteiger partial charge < -0.3 is 14.8 Å². The molecule has 1 amide bonds. The van der Waals surface area contributed by atoms with Gasteiger partial charge in [-0.05, 0) is 35.7 Å². The summed E-state index contributed by atoms with van der Waals surface area (Å²) in [7, 11) is 0. The van der Waals surface area contributed by atoms with Crippen molar-refractivity contribution in [2.24, 2.45) is 0 Å². The molecule has 0 fully saturated rings. The topological polar surface area (TPSA) is 79.5 Å². The Morgan fingerprint density at radius 2 is 1.72 bits per heavy atom. The van der Waals surface area contributed by atoms with Crippen LogP contribution < -0.4 is 10.9 Å². The van der Waals surface area contributed by atoms with E-state index < -0.39 is 11.5 Å². The molecule has 0 aliphatic heterocycles. The molecule has 0 unspecified atom stereocenters. The number of benzene rings is 3. The summed E-state index contributed by atoms with van der Waals surface area (Å²) in [6, 6.07) is 18.8. The number of carbonyl (C=O) groups is 1. The SMILES string of the molecule is O=C(Nc1cccc2ccc(O)cc12)c1cc2ccccc2oc1=O. The first-order valence-corrected chi connectivity index (χ1v) is 7.68. The number of aromatic hydroxyl groups is 1. The monoisotopic (exact) mass is 331 g/mol. The standard InChI is InChI=1S/C20H13NO4/c22-14-9-8-12-5-3-6-17(15(12)11-14)21-19(23)16-10-13-4-1-2-7-18(13)25-20(16)24/h1-11,22H,(H,21,23). The van der Waals surface area contributed by atoms with Crippen LogP contribution in [0, 0.1) is 0 Å². The Hall–Kier alpha value is -3.60. The van der Waals surface area contributed by atoms with Gasteiger partial charge in [0.25, 0.3) is 5.91 Å². The van der Waals surface area contributed by atoms with E-state index in [4.69, 9.17) is 4.42 Å². The van der Waals surface area contributed by atoms with Crippen LogP contribution >= 0.6 is 0 Å². The van der Waals surface area contributed by atoms with E-state index in [1.165, 1.54) is 6.07 Å². The maximum Gasteiger partial charge on any atom is 0.349 e. The van der Waals surface area contributed by atoms with E-state index in [1.807, 2.05) is 6.07 Å². The van der Waals surface area contributed by atoms with Gasteiger partial charge in [0.1, 0.15) is 16.9 Å². The molecule has 1 aromatic heterocycles. The van der Waals surface area contributed by atoms with Crippen LogP contribution in [0.5, 0.6) is 5.75 Å². The smallest absolute Gasteiger partial charge is 0.349 e. The van der Waals surface area contributed by atoms with Gasteiger partial charge in [0.15, 0.2) is 0 Å². The lowest BCUT2D eigenvalue weighted by molar-refractivity contribution is 0.102. The highest BCUT2D eigenvalue weighted by Gasteiger charge is 2.15. The fourth-order valence-electron chi connectivity index (χ4n) is 2.78. The van der Waals surface area contributed by atoms with E-state index in [9.17, 15) is 14.7 Å². The molecule has 122 valence electrons. The number of hydrogen-bond acceptors (Lipinski definition) is 4. The molecule has 5 heteroatoms.